The van der Waals surface area contributed by atoms with Gasteiger partial charge < -0.3 is 0 Å². The minimum absolute atomic E-state index is 0.383. The van der Waals surface area contributed by atoms with E-state index in [4.69, 9.17) is 0 Å². The molecule has 0 aliphatic carbocycles. The fraction of sp³-hybridized carbons (Fsp3) is 0.909. The first-order chi connectivity index (χ1) is 5.55. The normalized spacial score (nSPS) is 21.8. The summed E-state index contributed by atoms with van der Waals surface area (Å²) in [6, 6.07) is 0. The predicted octanol–water partition coefficient (Wildman–Crippen LogP) is 2.72. The van der Waals surface area contributed by atoms with Gasteiger partial charge in [0.25, 0.3) is 0 Å². The average Bonchev–Trinajstić information content (AvgIpc) is 2.06. The van der Waals surface area contributed by atoms with Crippen LogP contribution in [-0.4, -0.2) is 23.5 Å². The molecule has 12 heavy (non-hydrogen) atoms. The third kappa shape index (κ3) is 2.01. The molecule has 0 N–H and O–H groups in total. The van der Waals surface area contributed by atoms with E-state index in [0.717, 1.165) is 5.92 Å². The zero-order valence-electron chi connectivity index (χ0n) is 8.93. The van der Waals surface area contributed by atoms with E-state index in [1.54, 1.807) is 0 Å². The first-order valence-corrected chi connectivity index (χ1v) is 5.12. The second kappa shape index (κ2) is 3.78. The van der Waals surface area contributed by atoms with E-state index in [9.17, 15) is 0 Å². The topological polar surface area (TPSA) is 3.24 Å². The van der Waals surface area contributed by atoms with Crippen molar-refractivity contribution in [2.75, 3.05) is 13.1 Å². The predicted molar refractivity (Wildman–Crippen MR) is 54.0 cm³/mol. The van der Waals surface area contributed by atoms with Gasteiger partial charge in [0.2, 0.25) is 0 Å². The second-order valence-electron chi connectivity index (χ2n) is 4.66. The summed E-state index contributed by atoms with van der Waals surface area (Å²) in [7, 11) is 0. The highest BCUT2D eigenvalue weighted by atomic mass is 15.2. The molecule has 0 atom stereocenters. The van der Waals surface area contributed by atoms with E-state index in [2.05, 4.69) is 39.0 Å². The molecule has 1 heterocycles. The Balaban J connectivity index is 2.53. The van der Waals surface area contributed by atoms with Crippen LogP contribution in [0.25, 0.3) is 0 Å². The molecular weight excluding hydrogens is 146 g/mol. The van der Waals surface area contributed by atoms with Crippen LogP contribution in [-0.2, 0) is 0 Å². The minimum Gasteiger partial charge on any atom is -0.298 e. The fourth-order valence-electron chi connectivity index (χ4n) is 1.69. The van der Waals surface area contributed by atoms with Gasteiger partial charge in [0.1, 0.15) is 0 Å². The summed E-state index contributed by atoms with van der Waals surface area (Å²) in [4.78, 5) is 2.62. The molecule has 1 nitrogen and oxygen atoms in total. The Kier molecular flexibility index (Phi) is 3.16. The monoisotopic (exact) mass is 168 g/mol. The van der Waals surface area contributed by atoms with Crippen molar-refractivity contribution in [2.24, 2.45) is 5.92 Å². The van der Waals surface area contributed by atoms with Crippen molar-refractivity contribution in [1.29, 1.82) is 0 Å². The van der Waals surface area contributed by atoms with Gasteiger partial charge in [0.15, 0.2) is 0 Å². The summed E-state index contributed by atoms with van der Waals surface area (Å²) >= 11 is 0. The lowest BCUT2D eigenvalue weighted by Crippen LogP contribution is -2.50. The summed E-state index contributed by atoms with van der Waals surface area (Å²) in [6.07, 6.45) is 4.96. The maximum Gasteiger partial charge on any atom is 0.0176 e. The van der Waals surface area contributed by atoms with Gasteiger partial charge in [-0.15, -0.1) is 0 Å². The highest BCUT2D eigenvalue weighted by Crippen LogP contribution is 2.26. The lowest BCUT2D eigenvalue weighted by molar-refractivity contribution is 0.0676. The standard InChI is InChI=1S/C11H22N/c1-10(2)11(3,4)12-8-6-5-7-9-12/h5,10H,6-9H2,1-4H3. The first-order valence-electron chi connectivity index (χ1n) is 5.12. The highest BCUT2D eigenvalue weighted by Gasteiger charge is 2.30. The van der Waals surface area contributed by atoms with Gasteiger partial charge in [0, 0.05) is 5.54 Å². The number of nitrogens with zero attached hydrogens (tertiary/aromatic N) is 1. The smallest absolute Gasteiger partial charge is 0.0176 e. The van der Waals surface area contributed by atoms with Gasteiger partial charge >= 0.3 is 0 Å². The second-order valence-corrected chi connectivity index (χ2v) is 4.66. The molecule has 0 aromatic carbocycles. The molecule has 1 aliphatic rings. The van der Waals surface area contributed by atoms with E-state index in [-0.39, 0.29) is 0 Å². The van der Waals surface area contributed by atoms with Crippen molar-refractivity contribution in [3.05, 3.63) is 6.42 Å². The van der Waals surface area contributed by atoms with Gasteiger partial charge in [0.05, 0.1) is 0 Å². The van der Waals surface area contributed by atoms with Gasteiger partial charge in [-0.25, -0.2) is 0 Å². The Morgan fingerprint density at radius 1 is 1.17 bits per heavy atom. The molecule has 1 fully saturated rings. The minimum atomic E-state index is 0.383. The molecule has 0 spiro atoms. The summed E-state index contributed by atoms with van der Waals surface area (Å²) in [6.45, 7) is 11.9. The van der Waals surface area contributed by atoms with E-state index < -0.39 is 0 Å². The van der Waals surface area contributed by atoms with Gasteiger partial charge in [-0.2, -0.15) is 0 Å². The molecule has 0 amide bonds. The van der Waals surface area contributed by atoms with E-state index in [0.29, 0.717) is 5.54 Å². The summed E-state index contributed by atoms with van der Waals surface area (Å²) in [5, 5.41) is 0. The number of hydrogen-bond donors (Lipinski definition) is 0. The lowest BCUT2D eigenvalue weighted by atomic mass is 9.87. The van der Waals surface area contributed by atoms with Crippen LogP contribution in [0.4, 0.5) is 0 Å². The Morgan fingerprint density at radius 3 is 2.08 bits per heavy atom. The van der Waals surface area contributed by atoms with Crippen LogP contribution in [0.15, 0.2) is 0 Å². The van der Waals surface area contributed by atoms with Crippen molar-refractivity contribution in [1.82, 2.24) is 4.90 Å². The van der Waals surface area contributed by atoms with Crippen molar-refractivity contribution in [2.45, 2.75) is 46.1 Å². The molecule has 0 unspecified atom stereocenters. The van der Waals surface area contributed by atoms with Crippen LogP contribution in [0.5, 0.6) is 0 Å². The van der Waals surface area contributed by atoms with Crippen LogP contribution in [0.1, 0.15) is 40.5 Å². The van der Waals surface area contributed by atoms with Crippen LogP contribution in [0.2, 0.25) is 0 Å². The number of hydrogen-bond acceptors (Lipinski definition) is 1. The first kappa shape index (κ1) is 10.0. The maximum absolute atomic E-state index is 2.62. The molecule has 0 aromatic rings. The molecule has 1 aliphatic heterocycles. The number of likely N-dealkylation sites (tertiary alicyclic amines) is 1. The van der Waals surface area contributed by atoms with Crippen LogP contribution in [0, 0.1) is 12.3 Å². The maximum atomic E-state index is 2.62. The molecule has 0 bridgehead atoms. The van der Waals surface area contributed by atoms with Crippen LogP contribution in [0.3, 0.4) is 0 Å². The molecule has 1 saturated heterocycles. The third-order valence-corrected chi connectivity index (χ3v) is 3.43. The summed E-state index contributed by atoms with van der Waals surface area (Å²) in [5.74, 6) is 0.746. The van der Waals surface area contributed by atoms with E-state index >= 15 is 0 Å². The third-order valence-electron chi connectivity index (χ3n) is 3.43. The highest BCUT2D eigenvalue weighted by molar-refractivity contribution is 4.89. The molecule has 1 radical (unpaired) electrons. The molecule has 0 aromatic heterocycles. The average molecular weight is 168 g/mol. The SMILES string of the molecule is CC(C)C(C)(C)N1CC[CH]CC1. The molecular formula is C11H22N. The Labute approximate surface area is 77.1 Å². The van der Waals surface area contributed by atoms with Gasteiger partial charge in [-0.3, -0.25) is 4.90 Å². The zero-order valence-corrected chi connectivity index (χ0v) is 8.93. The Bertz CT molecular complexity index is 132. The van der Waals surface area contributed by atoms with Crippen molar-refractivity contribution < 1.29 is 0 Å². The van der Waals surface area contributed by atoms with Crippen LogP contribution < -0.4 is 0 Å². The molecule has 1 heteroatoms. The molecule has 1 rings (SSSR count). The molecule has 71 valence electrons. The van der Waals surface area contributed by atoms with E-state index in [1.807, 2.05) is 0 Å². The molecule has 0 saturated carbocycles. The Hall–Kier alpha value is -0.0400. The summed E-state index contributed by atoms with van der Waals surface area (Å²) < 4.78 is 0. The van der Waals surface area contributed by atoms with Crippen LogP contribution >= 0.6 is 0 Å². The van der Waals surface area contributed by atoms with E-state index in [1.165, 1.54) is 25.9 Å². The van der Waals surface area contributed by atoms with Gasteiger partial charge in [-0.1, -0.05) is 13.8 Å². The summed E-state index contributed by atoms with van der Waals surface area (Å²) in [5.41, 5.74) is 0.383. The fourth-order valence-corrected chi connectivity index (χ4v) is 1.69. The number of rotatable bonds is 2. The van der Waals surface area contributed by atoms with Crippen molar-refractivity contribution in [3.63, 3.8) is 0 Å². The van der Waals surface area contributed by atoms with Crippen molar-refractivity contribution in [3.8, 4) is 0 Å². The Morgan fingerprint density at radius 2 is 1.67 bits per heavy atom. The quantitative estimate of drug-likeness (QED) is 0.613. The lowest BCUT2D eigenvalue weighted by Gasteiger charge is -2.43. The largest absolute Gasteiger partial charge is 0.298 e. The van der Waals surface area contributed by atoms with Gasteiger partial charge in [-0.05, 0) is 52.1 Å². The zero-order chi connectivity index (χ0) is 9.19. The van der Waals surface area contributed by atoms with Crippen molar-refractivity contribution >= 4 is 0 Å². The number of piperidine rings is 1.